The van der Waals surface area contributed by atoms with E-state index in [2.05, 4.69) is 0 Å². The first-order valence-corrected chi connectivity index (χ1v) is 8.97. The van der Waals surface area contributed by atoms with Crippen LogP contribution in [0.15, 0.2) is 23.1 Å². The van der Waals surface area contributed by atoms with Crippen LogP contribution in [0, 0.1) is 0 Å². The number of hydrogen-bond donors (Lipinski definition) is 1. The van der Waals surface area contributed by atoms with Crippen molar-refractivity contribution in [2.24, 2.45) is 5.73 Å². The quantitative estimate of drug-likeness (QED) is 0.682. The van der Waals surface area contributed by atoms with Gasteiger partial charge in [0.2, 0.25) is 10.0 Å². The second-order valence-corrected chi connectivity index (χ2v) is 7.27. The number of nitrogens with two attached hydrogens (primary N) is 1. The van der Waals surface area contributed by atoms with E-state index in [0.29, 0.717) is 13.2 Å². The van der Waals surface area contributed by atoms with E-state index < -0.39 is 28.0 Å². The molecule has 0 aliphatic carbocycles. The fourth-order valence-corrected chi connectivity index (χ4v) is 3.66. The Hall–Kier alpha value is -2.17. The molecule has 1 heterocycles. The van der Waals surface area contributed by atoms with Crippen LogP contribution in [0.2, 0.25) is 0 Å². The zero-order valence-corrected chi connectivity index (χ0v) is 14.7. The third-order valence-electron chi connectivity index (χ3n) is 3.68. The number of morpholine rings is 1. The minimum Gasteiger partial charge on any atom is -0.496 e. The number of methoxy groups -OCH3 is 1. The Balaban J connectivity index is 2.36. The molecule has 1 aliphatic heterocycles. The van der Waals surface area contributed by atoms with Crippen LogP contribution in [0.25, 0.3) is 0 Å². The largest absolute Gasteiger partial charge is 0.496 e. The molecule has 2 rings (SSSR count). The normalized spacial score (nSPS) is 16.9. The molecule has 9 nitrogen and oxygen atoms in total. The predicted molar refractivity (Wildman–Crippen MR) is 86.6 cm³/mol. The number of carbonyl (C=O) groups is 2. The van der Waals surface area contributed by atoms with Gasteiger partial charge in [-0.05, 0) is 25.1 Å². The monoisotopic (exact) mass is 372 g/mol. The maximum atomic E-state index is 12.7. The van der Waals surface area contributed by atoms with Gasteiger partial charge in [-0.2, -0.15) is 4.31 Å². The Morgan fingerprint density at radius 3 is 2.48 bits per heavy atom. The molecule has 0 spiro atoms. The highest BCUT2D eigenvalue weighted by atomic mass is 32.2. The first kappa shape index (κ1) is 19.2. The Labute approximate surface area is 145 Å². The Morgan fingerprint density at radius 1 is 1.28 bits per heavy atom. The van der Waals surface area contributed by atoms with Gasteiger partial charge in [0.25, 0.3) is 5.91 Å². The molecule has 1 aromatic carbocycles. The number of sulfonamides is 1. The summed E-state index contributed by atoms with van der Waals surface area (Å²) in [4.78, 5) is 23.2. The molecule has 1 aliphatic rings. The molecule has 138 valence electrons. The first-order chi connectivity index (χ1) is 11.8. The van der Waals surface area contributed by atoms with E-state index in [-0.39, 0.29) is 29.3 Å². The molecular weight excluding hydrogens is 352 g/mol. The summed E-state index contributed by atoms with van der Waals surface area (Å²) in [5.41, 5.74) is 4.96. The van der Waals surface area contributed by atoms with Gasteiger partial charge in [-0.25, -0.2) is 13.2 Å². The van der Waals surface area contributed by atoms with Crippen LogP contribution in [0.1, 0.15) is 17.3 Å². The van der Waals surface area contributed by atoms with Crippen molar-refractivity contribution in [3.63, 3.8) is 0 Å². The lowest BCUT2D eigenvalue weighted by Gasteiger charge is -2.26. The zero-order valence-electron chi connectivity index (χ0n) is 13.9. The molecule has 0 radical (unpaired) electrons. The third kappa shape index (κ3) is 4.27. The van der Waals surface area contributed by atoms with Gasteiger partial charge in [-0.3, -0.25) is 4.79 Å². The number of carbonyl (C=O) groups excluding carboxylic acids is 2. The standard InChI is InChI=1S/C15H20N2O7S/c1-10(14(16)18)24-15(19)12-9-11(3-4-13(12)22-2)25(20,21)17-5-7-23-8-6-17/h3-4,9-10H,5-8H2,1-2H3,(H2,16,18)/t10-/m1/s1. The summed E-state index contributed by atoms with van der Waals surface area (Å²) in [6.45, 7) is 2.39. The topological polar surface area (TPSA) is 125 Å². The van der Waals surface area contributed by atoms with Crippen LogP contribution in [0.5, 0.6) is 5.75 Å². The van der Waals surface area contributed by atoms with E-state index in [0.717, 1.165) is 0 Å². The molecule has 0 aromatic heterocycles. The molecule has 1 amide bonds. The highest BCUT2D eigenvalue weighted by molar-refractivity contribution is 7.89. The van der Waals surface area contributed by atoms with Gasteiger partial charge in [0.05, 0.1) is 25.2 Å². The molecule has 0 bridgehead atoms. The molecule has 1 saturated heterocycles. The van der Waals surface area contributed by atoms with Crippen molar-refractivity contribution in [1.29, 1.82) is 0 Å². The average Bonchev–Trinajstić information content (AvgIpc) is 2.61. The van der Waals surface area contributed by atoms with Crippen molar-refractivity contribution < 1.29 is 32.2 Å². The molecule has 0 unspecified atom stereocenters. The van der Waals surface area contributed by atoms with Crippen molar-refractivity contribution in [3.05, 3.63) is 23.8 Å². The number of nitrogens with zero attached hydrogens (tertiary/aromatic N) is 1. The van der Waals surface area contributed by atoms with Crippen LogP contribution < -0.4 is 10.5 Å². The summed E-state index contributed by atoms with van der Waals surface area (Å²) in [6.07, 6.45) is -1.16. The molecule has 2 N–H and O–H groups in total. The van der Waals surface area contributed by atoms with E-state index in [1.165, 1.54) is 36.5 Å². The predicted octanol–water partition coefficient (Wildman–Crippen LogP) is -0.253. The molecule has 25 heavy (non-hydrogen) atoms. The van der Waals surface area contributed by atoms with Gasteiger partial charge >= 0.3 is 5.97 Å². The Kier molecular flexibility index (Phi) is 5.98. The maximum absolute atomic E-state index is 12.7. The number of benzene rings is 1. The first-order valence-electron chi connectivity index (χ1n) is 7.53. The molecule has 1 aromatic rings. The highest BCUT2D eigenvalue weighted by Crippen LogP contribution is 2.26. The van der Waals surface area contributed by atoms with Crippen LogP contribution in [-0.4, -0.2) is 64.1 Å². The number of ether oxygens (including phenoxy) is 3. The van der Waals surface area contributed by atoms with E-state index >= 15 is 0 Å². The fourth-order valence-electron chi connectivity index (χ4n) is 2.23. The van der Waals surface area contributed by atoms with E-state index in [1.54, 1.807) is 0 Å². The second-order valence-electron chi connectivity index (χ2n) is 5.33. The van der Waals surface area contributed by atoms with Crippen LogP contribution >= 0.6 is 0 Å². The van der Waals surface area contributed by atoms with Crippen molar-refractivity contribution in [1.82, 2.24) is 4.31 Å². The third-order valence-corrected chi connectivity index (χ3v) is 5.58. The maximum Gasteiger partial charge on any atom is 0.342 e. The minimum atomic E-state index is -3.79. The van der Waals surface area contributed by atoms with E-state index in [4.69, 9.17) is 19.9 Å². The summed E-state index contributed by atoms with van der Waals surface area (Å²) in [6, 6.07) is 3.87. The molecule has 0 saturated carbocycles. The smallest absolute Gasteiger partial charge is 0.342 e. The summed E-state index contributed by atoms with van der Waals surface area (Å²) in [5, 5.41) is 0. The fraction of sp³-hybridized carbons (Fsp3) is 0.467. The second kappa shape index (κ2) is 7.81. The Bertz CT molecular complexity index is 757. The molecule has 10 heteroatoms. The number of amides is 1. The molecule has 1 atom stereocenters. The van der Waals surface area contributed by atoms with Crippen LogP contribution in [0.4, 0.5) is 0 Å². The summed E-state index contributed by atoms with van der Waals surface area (Å²) in [5.74, 6) is -1.59. The van der Waals surface area contributed by atoms with E-state index in [1.807, 2.05) is 0 Å². The SMILES string of the molecule is COc1ccc(S(=O)(=O)N2CCOCC2)cc1C(=O)O[C@H](C)C(N)=O. The van der Waals surface area contributed by atoms with E-state index in [9.17, 15) is 18.0 Å². The van der Waals surface area contributed by atoms with Crippen LogP contribution in [-0.2, 0) is 24.3 Å². The van der Waals surface area contributed by atoms with Crippen molar-refractivity contribution in [3.8, 4) is 5.75 Å². The van der Waals surface area contributed by atoms with Crippen LogP contribution in [0.3, 0.4) is 0 Å². The van der Waals surface area contributed by atoms with Crippen molar-refractivity contribution in [2.45, 2.75) is 17.9 Å². The van der Waals surface area contributed by atoms with Crippen molar-refractivity contribution >= 4 is 21.9 Å². The number of hydrogen-bond acceptors (Lipinski definition) is 7. The van der Waals surface area contributed by atoms with Gasteiger partial charge < -0.3 is 19.9 Å². The summed E-state index contributed by atoms with van der Waals surface area (Å²) >= 11 is 0. The summed E-state index contributed by atoms with van der Waals surface area (Å²) in [7, 11) is -2.46. The lowest BCUT2D eigenvalue weighted by atomic mass is 10.2. The minimum absolute atomic E-state index is 0.0751. The Morgan fingerprint density at radius 2 is 1.92 bits per heavy atom. The summed E-state index contributed by atoms with van der Waals surface area (Å²) < 4.78 is 41.8. The highest BCUT2D eigenvalue weighted by Gasteiger charge is 2.29. The lowest BCUT2D eigenvalue weighted by molar-refractivity contribution is -0.125. The van der Waals surface area contributed by atoms with Crippen molar-refractivity contribution in [2.75, 3.05) is 33.4 Å². The molecular formula is C15H20N2O7S. The van der Waals surface area contributed by atoms with Gasteiger partial charge in [0.15, 0.2) is 6.10 Å². The zero-order chi connectivity index (χ0) is 18.6. The number of primary amides is 1. The van der Waals surface area contributed by atoms with Gasteiger partial charge in [0, 0.05) is 13.1 Å². The van der Waals surface area contributed by atoms with Gasteiger partial charge in [0.1, 0.15) is 11.3 Å². The molecule has 1 fully saturated rings. The number of rotatable bonds is 6. The average molecular weight is 372 g/mol. The lowest BCUT2D eigenvalue weighted by Crippen LogP contribution is -2.40. The van der Waals surface area contributed by atoms with Gasteiger partial charge in [-0.1, -0.05) is 0 Å². The van der Waals surface area contributed by atoms with Gasteiger partial charge in [-0.15, -0.1) is 0 Å². The number of esters is 1.